The van der Waals surface area contributed by atoms with Crippen molar-refractivity contribution < 1.29 is 9.53 Å². The maximum atomic E-state index is 12.3. The fraction of sp³-hybridized carbons (Fsp3) is 0.0417. The fourth-order valence-electron chi connectivity index (χ4n) is 3.20. The summed E-state index contributed by atoms with van der Waals surface area (Å²) in [4.78, 5) is 24.5. The Morgan fingerprint density at radius 2 is 1.81 bits per heavy atom. The van der Waals surface area contributed by atoms with Gasteiger partial charge in [-0.1, -0.05) is 41.9 Å². The van der Waals surface area contributed by atoms with E-state index in [4.69, 9.17) is 16.3 Å². The van der Waals surface area contributed by atoms with Crippen LogP contribution in [0.2, 0.25) is 5.02 Å². The van der Waals surface area contributed by atoms with Gasteiger partial charge in [0.2, 0.25) is 0 Å². The molecule has 2 heterocycles. The van der Waals surface area contributed by atoms with Gasteiger partial charge in [0, 0.05) is 21.5 Å². The number of carbonyl (C=O) groups is 1. The number of nitrogens with one attached hydrogen (secondary N) is 2. The number of thiazole rings is 1. The first kappa shape index (κ1) is 20.2. The Bertz CT molecular complexity index is 1380. The summed E-state index contributed by atoms with van der Waals surface area (Å²) in [5.41, 5.74) is 4.47. The number of aromatic amines is 1. The minimum absolute atomic E-state index is 0.108. The van der Waals surface area contributed by atoms with E-state index in [-0.39, 0.29) is 12.5 Å². The van der Waals surface area contributed by atoms with Gasteiger partial charge in [-0.25, -0.2) is 9.97 Å². The van der Waals surface area contributed by atoms with Crippen LogP contribution in [0.25, 0.3) is 33.7 Å². The highest BCUT2D eigenvalue weighted by Gasteiger charge is 2.10. The molecule has 8 heteroatoms. The van der Waals surface area contributed by atoms with E-state index in [0.717, 1.165) is 33.7 Å². The summed E-state index contributed by atoms with van der Waals surface area (Å²) in [5.74, 6) is 1.06. The van der Waals surface area contributed by atoms with Crippen molar-refractivity contribution in [3.63, 3.8) is 0 Å². The second-order valence-corrected chi connectivity index (χ2v) is 8.31. The highest BCUT2D eigenvalue weighted by molar-refractivity contribution is 7.14. The number of carbonyl (C=O) groups excluding carboxylic acids is 1. The molecule has 5 aromatic rings. The number of aromatic nitrogens is 3. The third kappa shape index (κ3) is 4.49. The second kappa shape index (κ2) is 8.82. The number of benzene rings is 3. The summed E-state index contributed by atoms with van der Waals surface area (Å²) < 4.78 is 5.61. The molecular weight excluding hydrogens is 444 g/mol. The summed E-state index contributed by atoms with van der Waals surface area (Å²) in [6, 6.07) is 22.7. The zero-order valence-electron chi connectivity index (χ0n) is 16.7. The molecule has 6 nitrogen and oxygen atoms in total. The molecule has 0 spiro atoms. The molecule has 5 rings (SSSR count). The molecule has 0 bridgehead atoms. The zero-order chi connectivity index (χ0) is 21.9. The van der Waals surface area contributed by atoms with Crippen molar-refractivity contribution in [1.82, 2.24) is 15.0 Å². The van der Waals surface area contributed by atoms with Crippen LogP contribution in [-0.4, -0.2) is 27.5 Å². The van der Waals surface area contributed by atoms with Gasteiger partial charge in [-0.15, -0.1) is 11.3 Å². The fourth-order valence-corrected chi connectivity index (χ4v) is 4.11. The summed E-state index contributed by atoms with van der Waals surface area (Å²) >= 11 is 7.41. The molecule has 32 heavy (non-hydrogen) atoms. The van der Waals surface area contributed by atoms with Gasteiger partial charge in [-0.2, -0.15) is 0 Å². The third-order valence-electron chi connectivity index (χ3n) is 4.76. The van der Waals surface area contributed by atoms with E-state index in [1.54, 1.807) is 12.1 Å². The van der Waals surface area contributed by atoms with Crippen molar-refractivity contribution in [1.29, 1.82) is 0 Å². The van der Waals surface area contributed by atoms with Crippen LogP contribution in [0.3, 0.4) is 0 Å². The molecule has 3 aromatic carbocycles. The zero-order valence-corrected chi connectivity index (χ0v) is 18.3. The number of ether oxygens (including phenoxy) is 1. The normalized spacial score (nSPS) is 10.9. The lowest BCUT2D eigenvalue weighted by molar-refractivity contribution is -0.118. The Balaban J connectivity index is 1.19. The van der Waals surface area contributed by atoms with Gasteiger partial charge in [0.1, 0.15) is 11.6 Å². The molecule has 0 aliphatic heterocycles. The minimum Gasteiger partial charge on any atom is -0.484 e. The van der Waals surface area contributed by atoms with Gasteiger partial charge in [-0.05, 0) is 42.5 Å². The van der Waals surface area contributed by atoms with E-state index in [1.165, 1.54) is 11.3 Å². The summed E-state index contributed by atoms with van der Waals surface area (Å²) in [6.07, 6.45) is 0. The number of amides is 1. The lowest BCUT2D eigenvalue weighted by Gasteiger charge is -2.06. The first-order chi connectivity index (χ1) is 15.6. The molecule has 2 aromatic heterocycles. The van der Waals surface area contributed by atoms with Crippen molar-refractivity contribution in [3.05, 3.63) is 83.2 Å². The first-order valence-corrected chi connectivity index (χ1v) is 11.1. The number of hydrogen-bond donors (Lipinski definition) is 2. The number of H-pyrrole nitrogens is 1. The van der Waals surface area contributed by atoms with Gasteiger partial charge >= 0.3 is 0 Å². The Morgan fingerprint density at radius 3 is 2.62 bits per heavy atom. The maximum Gasteiger partial charge on any atom is 0.264 e. The van der Waals surface area contributed by atoms with Crippen molar-refractivity contribution in [3.8, 4) is 28.4 Å². The lowest BCUT2D eigenvalue weighted by Crippen LogP contribution is -2.20. The molecule has 0 radical (unpaired) electrons. The maximum absolute atomic E-state index is 12.3. The number of anilines is 1. The van der Waals surface area contributed by atoms with Crippen molar-refractivity contribution in [2.75, 3.05) is 11.9 Å². The predicted molar refractivity (Wildman–Crippen MR) is 128 cm³/mol. The highest BCUT2D eigenvalue weighted by atomic mass is 35.5. The topological polar surface area (TPSA) is 79.9 Å². The van der Waals surface area contributed by atoms with Crippen LogP contribution in [0.15, 0.2) is 78.2 Å². The van der Waals surface area contributed by atoms with Crippen LogP contribution >= 0.6 is 22.9 Å². The van der Waals surface area contributed by atoms with E-state index >= 15 is 0 Å². The van der Waals surface area contributed by atoms with Crippen molar-refractivity contribution in [2.45, 2.75) is 0 Å². The summed E-state index contributed by atoms with van der Waals surface area (Å²) in [7, 11) is 0. The van der Waals surface area contributed by atoms with Crippen LogP contribution < -0.4 is 10.1 Å². The molecule has 0 saturated carbocycles. The lowest BCUT2D eigenvalue weighted by atomic mass is 10.2. The first-order valence-electron chi connectivity index (χ1n) is 9.83. The van der Waals surface area contributed by atoms with E-state index in [9.17, 15) is 4.79 Å². The standard InChI is InChI=1S/C24H17ClN4O2S/c25-17-8-11-19-20(12-17)27-23(26-19)16-6-9-18(10-7-16)31-13-22(30)29-24-28-21(14-32-24)15-4-2-1-3-5-15/h1-12,14H,13H2,(H,26,27)(H,28,29,30). The average molecular weight is 461 g/mol. The highest BCUT2D eigenvalue weighted by Crippen LogP contribution is 2.26. The van der Waals surface area contributed by atoms with E-state index in [1.807, 2.05) is 66.0 Å². The van der Waals surface area contributed by atoms with Gasteiger partial charge in [0.05, 0.1) is 16.7 Å². The third-order valence-corrected chi connectivity index (χ3v) is 5.75. The summed E-state index contributed by atoms with van der Waals surface area (Å²) in [6.45, 7) is -0.108. The predicted octanol–water partition coefficient (Wildman–Crippen LogP) is 6.02. The molecule has 0 saturated heterocycles. The van der Waals surface area contributed by atoms with Crippen LogP contribution in [0.1, 0.15) is 0 Å². The molecular formula is C24H17ClN4O2S. The molecule has 1 amide bonds. The van der Waals surface area contributed by atoms with Crippen LogP contribution in [0, 0.1) is 0 Å². The van der Waals surface area contributed by atoms with Crippen molar-refractivity contribution in [2.24, 2.45) is 0 Å². The van der Waals surface area contributed by atoms with Crippen molar-refractivity contribution >= 4 is 45.0 Å². The van der Waals surface area contributed by atoms with Crippen LogP contribution in [0.5, 0.6) is 5.75 Å². The average Bonchev–Trinajstić information content (AvgIpc) is 3.45. The number of hydrogen-bond acceptors (Lipinski definition) is 5. The number of halogens is 1. The van der Waals surface area contributed by atoms with E-state index in [2.05, 4.69) is 20.3 Å². The molecule has 0 aliphatic rings. The Hall–Kier alpha value is -3.68. The SMILES string of the molecule is O=C(COc1ccc(-c2nc3ccc(Cl)cc3[nH]2)cc1)Nc1nc(-c2ccccc2)cs1. The van der Waals surface area contributed by atoms with E-state index in [0.29, 0.717) is 15.9 Å². The van der Waals surface area contributed by atoms with E-state index < -0.39 is 0 Å². The Kier molecular flexibility index (Phi) is 5.58. The largest absolute Gasteiger partial charge is 0.484 e. The molecule has 158 valence electrons. The number of imidazole rings is 1. The van der Waals surface area contributed by atoms with Crippen LogP contribution in [0.4, 0.5) is 5.13 Å². The molecule has 2 N–H and O–H groups in total. The quantitative estimate of drug-likeness (QED) is 0.324. The van der Waals surface area contributed by atoms with Gasteiger partial charge < -0.3 is 9.72 Å². The van der Waals surface area contributed by atoms with Gasteiger partial charge in [0.15, 0.2) is 11.7 Å². The minimum atomic E-state index is -0.266. The molecule has 0 atom stereocenters. The Labute approximate surface area is 192 Å². The van der Waals surface area contributed by atoms with Gasteiger partial charge in [-0.3, -0.25) is 10.1 Å². The molecule has 0 fully saturated rings. The monoisotopic (exact) mass is 460 g/mol. The number of rotatable bonds is 6. The van der Waals surface area contributed by atoms with Gasteiger partial charge in [0.25, 0.3) is 5.91 Å². The number of fused-ring (bicyclic) bond motifs is 1. The number of nitrogens with zero attached hydrogens (tertiary/aromatic N) is 2. The second-order valence-electron chi connectivity index (χ2n) is 7.01. The smallest absolute Gasteiger partial charge is 0.264 e. The Morgan fingerprint density at radius 1 is 1.00 bits per heavy atom. The van der Waals surface area contributed by atoms with Crippen LogP contribution in [-0.2, 0) is 4.79 Å². The summed E-state index contributed by atoms with van der Waals surface area (Å²) in [5, 5.41) is 5.89. The molecule has 0 aliphatic carbocycles. The molecule has 0 unspecified atom stereocenters.